The second kappa shape index (κ2) is 2.98. The molecule has 74 valence electrons. The third-order valence-corrected chi connectivity index (χ3v) is 3.04. The molecule has 2 fully saturated rings. The van der Waals surface area contributed by atoms with E-state index < -0.39 is 0 Å². The SMILES string of the molecule is C[C@@H]1C[C@H]1C(=O)NCC1(C)COC1. The maximum absolute atomic E-state index is 11.5. The van der Waals surface area contributed by atoms with Gasteiger partial charge in [-0.1, -0.05) is 13.8 Å². The van der Waals surface area contributed by atoms with E-state index in [2.05, 4.69) is 19.2 Å². The molecule has 0 unspecified atom stereocenters. The van der Waals surface area contributed by atoms with Gasteiger partial charge in [0.25, 0.3) is 0 Å². The molecular weight excluding hydrogens is 166 g/mol. The summed E-state index contributed by atoms with van der Waals surface area (Å²) in [7, 11) is 0. The van der Waals surface area contributed by atoms with Crippen LogP contribution in [0.4, 0.5) is 0 Å². The quantitative estimate of drug-likeness (QED) is 0.702. The molecular formula is C10H17NO2. The molecule has 2 aliphatic rings. The van der Waals surface area contributed by atoms with Crippen LogP contribution in [0.1, 0.15) is 20.3 Å². The van der Waals surface area contributed by atoms with Crippen molar-refractivity contribution in [2.75, 3.05) is 19.8 Å². The van der Waals surface area contributed by atoms with E-state index >= 15 is 0 Å². The molecule has 1 N–H and O–H groups in total. The number of hydrogen-bond acceptors (Lipinski definition) is 2. The Kier molecular flexibility index (Phi) is 2.06. The van der Waals surface area contributed by atoms with E-state index in [0.29, 0.717) is 11.8 Å². The maximum atomic E-state index is 11.5. The Balaban J connectivity index is 1.70. The molecule has 3 nitrogen and oxygen atoms in total. The summed E-state index contributed by atoms with van der Waals surface area (Å²) in [6, 6.07) is 0. The normalized spacial score (nSPS) is 34.9. The summed E-state index contributed by atoms with van der Waals surface area (Å²) in [6.45, 7) is 6.61. The average Bonchev–Trinajstić information content (AvgIpc) is 2.75. The highest BCUT2D eigenvalue weighted by molar-refractivity contribution is 5.81. The summed E-state index contributed by atoms with van der Waals surface area (Å²) < 4.78 is 5.12. The molecule has 1 saturated carbocycles. The highest BCUT2D eigenvalue weighted by Gasteiger charge is 2.40. The number of ether oxygens (including phenoxy) is 1. The third-order valence-electron chi connectivity index (χ3n) is 3.04. The van der Waals surface area contributed by atoms with E-state index in [9.17, 15) is 4.79 Å². The van der Waals surface area contributed by atoms with Crippen molar-refractivity contribution in [1.82, 2.24) is 5.32 Å². The van der Waals surface area contributed by atoms with Gasteiger partial charge in [0.1, 0.15) is 0 Å². The first kappa shape index (κ1) is 9.00. The largest absolute Gasteiger partial charge is 0.380 e. The minimum Gasteiger partial charge on any atom is -0.380 e. The molecule has 13 heavy (non-hydrogen) atoms. The van der Waals surface area contributed by atoms with E-state index in [1.807, 2.05) is 0 Å². The van der Waals surface area contributed by atoms with Crippen LogP contribution in [0.5, 0.6) is 0 Å². The molecule has 1 amide bonds. The monoisotopic (exact) mass is 183 g/mol. The van der Waals surface area contributed by atoms with Gasteiger partial charge in [-0.15, -0.1) is 0 Å². The van der Waals surface area contributed by atoms with E-state index in [-0.39, 0.29) is 11.3 Å². The number of rotatable bonds is 3. The first-order valence-corrected chi connectivity index (χ1v) is 4.96. The van der Waals surface area contributed by atoms with Crippen molar-refractivity contribution in [3.8, 4) is 0 Å². The van der Waals surface area contributed by atoms with Gasteiger partial charge in [-0.3, -0.25) is 4.79 Å². The Hall–Kier alpha value is -0.570. The summed E-state index contributed by atoms with van der Waals surface area (Å²) >= 11 is 0. The number of amides is 1. The summed E-state index contributed by atoms with van der Waals surface area (Å²) in [5, 5.41) is 3.00. The molecule has 1 aliphatic heterocycles. The van der Waals surface area contributed by atoms with Crippen LogP contribution in [-0.4, -0.2) is 25.7 Å². The fourth-order valence-electron chi connectivity index (χ4n) is 1.67. The van der Waals surface area contributed by atoms with Gasteiger partial charge in [0.2, 0.25) is 5.91 Å². The minimum absolute atomic E-state index is 0.202. The topological polar surface area (TPSA) is 38.3 Å². The van der Waals surface area contributed by atoms with Crippen LogP contribution in [0.3, 0.4) is 0 Å². The molecule has 0 bridgehead atoms. The van der Waals surface area contributed by atoms with Crippen LogP contribution in [0.25, 0.3) is 0 Å². The predicted molar refractivity (Wildman–Crippen MR) is 49.2 cm³/mol. The third kappa shape index (κ3) is 1.85. The Bertz CT molecular complexity index is 223. The smallest absolute Gasteiger partial charge is 0.223 e. The van der Waals surface area contributed by atoms with Crippen molar-refractivity contribution in [1.29, 1.82) is 0 Å². The summed E-state index contributed by atoms with van der Waals surface area (Å²) in [6.07, 6.45) is 1.07. The zero-order valence-electron chi connectivity index (χ0n) is 8.30. The van der Waals surface area contributed by atoms with Crippen LogP contribution in [-0.2, 0) is 9.53 Å². The lowest BCUT2D eigenvalue weighted by atomic mass is 9.89. The predicted octanol–water partition coefficient (Wildman–Crippen LogP) is 0.795. The van der Waals surface area contributed by atoms with Crippen molar-refractivity contribution in [2.24, 2.45) is 17.3 Å². The Morgan fingerprint density at radius 2 is 2.23 bits per heavy atom. The van der Waals surface area contributed by atoms with Gasteiger partial charge in [0.15, 0.2) is 0 Å². The van der Waals surface area contributed by atoms with Gasteiger partial charge in [-0.05, 0) is 12.3 Å². The van der Waals surface area contributed by atoms with Crippen LogP contribution >= 0.6 is 0 Å². The van der Waals surface area contributed by atoms with E-state index in [0.717, 1.165) is 26.2 Å². The van der Waals surface area contributed by atoms with Crippen molar-refractivity contribution < 1.29 is 9.53 Å². The van der Waals surface area contributed by atoms with Gasteiger partial charge in [-0.25, -0.2) is 0 Å². The van der Waals surface area contributed by atoms with Crippen LogP contribution in [0, 0.1) is 17.3 Å². The molecule has 0 aromatic heterocycles. The molecule has 2 atom stereocenters. The minimum atomic E-state index is 0.202. The van der Waals surface area contributed by atoms with Gasteiger partial charge in [0, 0.05) is 17.9 Å². The summed E-state index contributed by atoms with van der Waals surface area (Å²) in [5.41, 5.74) is 0.202. The number of hydrogen-bond donors (Lipinski definition) is 1. The number of carbonyl (C=O) groups excluding carboxylic acids is 1. The lowest BCUT2D eigenvalue weighted by molar-refractivity contribution is -0.128. The zero-order valence-corrected chi connectivity index (χ0v) is 8.30. The zero-order chi connectivity index (χ0) is 9.47. The molecule has 1 heterocycles. The number of nitrogens with one attached hydrogen (secondary N) is 1. The second-order valence-electron chi connectivity index (χ2n) is 4.84. The lowest BCUT2D eigenvalue weighted by Crippen LogP contribution is -2.48. The van der Waals surface area contributed by atoms with Crippen molar-refractivity contribution in [2.45, 2.75) is 20.3 Å². The van der Waals surface area contributed by atoms with Crippen LogP contribution in [0.2, 0.25) is 0 Å². The molecule has 1 aliphatic carbocycles. The first-order chi connectivity index (χ1) is 6.11. The highest BCUT2D eigenvalue weighted by atomic mass is 16.5. The summed E-state index contributed by atoms with van der Waals surface area (Å²) in [4.78, 5) is 11.5. The van der Waals surface area contributed by atoms with Gasteiger partial charge >= 0.3 is 0 Å². The van der Waals surface area contributed by atoms with Crippen molar-refractivity contribution in [3.05, 3.63) is 0 Å². The van der Waals surface area contributed by atoms with E-state index in [1.165, 1.54) is 0 Å². The van der Waals surface area contributed by atoms with Gasteiger partial charge < -0.3 is 10.1 Å². The summed E-state index contributed by atoms with van der Waals surface area (Å²) in [5.74, 6) is 1.13. The van der Waals surface area contributed by atoms with Gasteiger partial charge in [-0.2, -0.15) is 0 Å². The van der Waals surface area contributed by atoms with Gasteiger partial charge in [0.05, 0.1) is 13.2 Å². The lowest BCUT2D eigenvalue weighted by Gasteiger charge is -2.38. The Morgan fingerprint density at radius 3 is 2.62 bits per heavy atom. The molecule has 0 aromatic carbocycles. The fraction of sp³-hybridized carbons (Fsp3) is 0.900. The standard InChI is InChI=1S/C10H17NO2/c1-7-3-8(7)9(12)11-4-10(2)5-13-6-10/h7-8H,3-6H2,1-2H3,(H,11,12)/t7-,8-/m1/s1. The molecule has 3 heteroatoms. The van der Waals surface area contributed by atoms with Crippen LogP contribution in [0.15, 0.2) is 0 Å². The average molecular weight is 183 g/mol. The Morgan fingerprint density at radius 1 is 1.62 bits per heavy atom. The maximum Gasteiger partial charge on any atom is 0.223 e. The number of carbonyl (C=O) groups is 1. The second-order valence-corrected chi connectivity index (χ2v) is 4.84. The molecule has 0 spiro atoms. The van der Waals surface area contributed by atoms with E-state index in [1.54, 1.807) is 0 Å². The van der Waals surface area contributed by atoms with E-state index in [4.69, 9.17) is 4.74 Å². The first-order valence-electron chi connectivity index (χ1n) is 4.96. The molecule has 1 saturated heterocycles. The molecule has 0 radical (unpaired) electrons. The Labute approximate surface area is 78.8 Å². The highest BCUT2D eigenvalue weighted by Crippen LogP contribution is 2.37. The molecule has 0 aromatic rings. The van der Waals surface area contributed by atoms with Crippen LogP contribution < -0.4 is 5.32 Å². The van der Waals surface area contributed by atoms with Crippen molar-refractivity contribution >= 4 is 5.91 Å². The molecule has 2 rings (SSSR count). The fourth-order valence-corrected chi connectivity index (χ4v) is 1.67. The van der Waals surface area contributed by atoms with Crippen molar-refractivity contribution in [3.63, 3.8) is 0 Å².